The van der Waals surface area contributed by atoms with Crippen molar-refractivity contribution in [2.75, 3.05) is 32.9 Å². The lowest BCUT2D eigenvalue weighted by Crippen LogP contribution is -2.23. The van der Waals surface area contributed by atoms with Gasteiger partial charge in [0, 0.05) is 19.8 Å². The standard InChI is InChI=1S/C15H25NO3/c1-3-18-11-5-10-16-12-15(17)13-6-8-14(9-7-13)19-4-2/h6-9,15-17H,3-5,10-12H2,1-2H3. The second-order valence-corrected chi connectivity index (χ2v) is 4.27. The van der Waals surface area contributed by atoms with Gasteiger partial charge in [0.2, 0.25) is 0 Å². The highest BCUT2D eigenvalue weighted by atomic mass is 16.5. The number of hydrogen-bond donors (Lipinski definition) is 2. The van der Waals surface area contributed by atoms with Crippen molar-refractivity contribution in [3.63, 3.8) is 0 Å². The highest BCUT2D eigenvalue weighted by Crippen LogP contribution is 2.17. The SMILES string of the molecule is CCOCCCNCC(O)c1ccc(OCC)cc1. The quantitative estimate of drug-likeness (QED) is 0.638. The van der Waals surface area contributed by atoms with E-state index in [0.29, 0.717) is 13.2 Å². The predicted octanol–water partition coefficient (Wildman–Crippen LogP) is 2.13. The third kappa shape index (κ3) is 6.57. The Kier molecular flexibility index (Phi) is 8.21. The zero-order chi connectivity index (χ0) is 13.9. The smallest absolute Gasteiger partial charge is 0.119 e. The number of nitrogens with one attached hydrogen (secondary N) is 1. The van der Waals surface area contributed by atoms with Crippen LogP contribution in [0.4, 0.5) is 0 Å². The van der Waals surface area contributed by atoms with Gasteiger partial charge in [-0.05, 0) is 44.5 Å². The van der Waals surface area contributed by atoms with Gasteiger partial charge in [0.15, 0.2) is 0 Å². The molecule has 0 spiro atoms. The van der Waals surface area contributed by atoms with Crippen molar-refractivity contribution in [1.29, 1.82) is 0 Å². The van der Waals surface area contributed by atoms with Crippen LogP contribution < -0.4 is 10.1 Å². The average molecular weight is 267 g/mol. The highest BCUT2D eigenvalue weighted by molar-refractivity contribution is 5.28. The molecule has 1 rings (SSSR count). The Hall–Kier alpha value is -1.10. The zero-order valence-corrected chi connectivity index (χ0v) is 11.9. The summed E-state index contributed by atoms with van der Waals surface area (Å²) in [5.41, 5.74) is 0.903. The van der Waals surface area contributed by atoms with E-state index in [4.69, 9.17) is 9.47 Å². The summed E-state index contributed by atoms with van der Waals surface area (Å²) < 4.78 is 10.6. The van der Waals surface area contributed by atoms with E-state index in [1.165, 1.54) is 0 Å². The van der Waals surface area contributed by atoms with Gasteiger partial charge in [-0.15, -0.1) is 0 Å². The third-order valence-corrected chi connectivity index (χ3v) is 2.76. The van der Waals surface area contributed by atoms with Gasteiger partial charge < -0.3 is 19.9 Å². The molecule has 4 nitrogen and oxygen atoms in total. The van der Waals surface area contributed by atoms with Crippen molar-refractivity contribution in [3.8, 4) is 5.75 Å². The molecule has 0 aliphatic heterocycles. The van der Waals surface area contributed by atoms with Crippen LogP contribution in [-0.4, -0.2) is 38.0 Å². The summed E-state index contributed by atoms with van der Waals surface area (Å²) >= 11 is 0. The molecule has 0 amide bonds. The molecule has 0 saturated heterocycles. The van der Waals surface area contributed by atoms with Gasteiger partial charge in [-0.3, -0.25) is 0 Å². The number of hydrogen-bond acceptors (Lipinski definition) is 4. The molecule has 0 heterocycles. The van der Waals surface area contributed by atoms with Gasteiger partial charge in [0.1, 0.15) is 5.75 Å². The topological polar surface area (TPSA) is 50.7 Å². The maximum atomic E-state index is 10.0. The van der Waals surface area contributed by atoms with E-state index in [-0.39, 0.29) is 0 Å². The minimum atomic E-state index is -0.484. The fourth-order valence-electron chi connectivity index (χ4n) is 1.75. The van der Waals surface area contributed by atoms with Crippen LogP contribution in [0, 0.1) is 0 Å². The first-order valence-electron chi connectivity index (χ1n) is 6.97. The Balaban J connectivity index is 2.23. The molecule has 0 radical (unpaired) electrons. The van der Waals surface area contributed by atoms with E-state index in [9.17, 15) is 5.11 Å². The zero-order valence-electron chi connectivity index (χ0n) is 11.9. The number of rotatable bonds is 10. The van der Waals surface area contributed by atoms with Crippen LogP contribution >= 0.6 is 0 Å². The summed E-state index contributed by atoms with van der Waals surface area (Å²) in [5, 5.41) is 13.2. The summed E-state index contributed by atoms with van der Waals surface area (Å²) in [6.45, 7) is 7.53. The number of aliphatic hydroxyl groups excluding tert-OH is 1. The average Bonchev–Trinajstić information content (AvgIpc) is 2.43. The van der Waals surface area contributed by atoms with Crippen molar-refractivity contribution in [2.24, 2.45) is 0 Å². The minimum absolute atomic E-state index is 0.484. The Bertz CT molecular complexity index is 327. The largest absolute Gasteiger partial charge is 0.494 e. The summed E-state index contributed by atoms with van der Waals surface area (Å²) in [7, 11) is 0. The molecule has 0 fully saturated rings. The second-order valence-electron chi connectivity index (χ2n) is 4.27. The summed E-state index contributed by atoms with van der Waals surface area (Å²) in [4.78, 5) is 0. The normalized spacial score (nSPS) is 12.4. The number of benzene rings is 1. The molecule has 19 heavy (non-hydrogen) atoms. The van der Waals surface area contributed by atoms with Crippen LogP contribution in [0.2, 0.25) is 0 Å². The molecule has 0 saturated carbocycles. The van der Waals surface area contributed by atoms with E-state index >= 15 is 0 Å². The molecule has 1 unspecified atom stereocenters. The van der Waals surface area contributed by atoms with E-state index < -0.39 is 6.10 Å². The van der Waals surface area contributed by atoms with E-state index in [1.807, 2.05) is 38.1 Å². The highest BCUT2D eigenvalue weighted by Gasteiger charge is 2.06. The van der Waals surface area contributed by atoms with Crippen molar-refractivity contribution in [2.45, 2.75) is 26.4 Å². The first-order chi connectivity index (χ1) is 9.27. The fourth-order valence-corrected chi connectivity index (χ4v) is 1.75. The number of aliphatic hydroxyl groups is 1. The third-order valence-electron chi connectivity index (χ3n) is 2.76. The van der Waals surface area contributed by atoms with Gasteiger partial charge in [0.05, 0.1) is 12.7 Å². The predicted molar refractivity (Wildman–Crippen MR) is 76.6 cm³/mol. The van der Waals surface area contributed by atoms with Gasteiger partial charge in [-0.25, -0.2) is 0 Å². The van der Waals surface area contributed by atoms with Gasteiger partial charge in [0.25, 0.3) is 0 Å². The number of ether oxygens (including phenoxy) is 2. The Morgan fingerprint density at radius 2 is 1.89 bits per heavy atom. The van der Waals surface area contributed by atoms with Crippen molar-refractivity contribution >= 4 is 0 Å². The van der Waals surface area contributed by atoms with Crippen LogP contribution in [0.15, 0.2) is 24.3 Å². The van der Waals surface area contributed by atoms with Crippen LogP contribution in [0.25, 0.3) is 0 Å². The van der Waals surface area contributed by atoms with E-state index in [0.717, 1.165) is 37.5 Å². The monoisotopic (exact) mass is 267 g/mol. The van der Waals surface area contributed by atoms with Crippen molar-refractivity contribution in [3.05, 3.63) is 29.8 Å². The molecular formula is C15H25NO3. The van der Waals surface area contributed by atoms with Crippen molar-refractivity contribution < 1.29 is 14.6 Å². The van der Waals surface area contributed by atoms with Gasteiger partial charge >= 0.3 is 0 Å². The summed E-state index contributed by atoms with van der Waals surface area (Å²) in [5.74, 6) is 0.836. The van der Waals surface area contributed by atoms with Crippen LogP contribution in [0.1, 0.15) is 31.9 Å². The Labute approximate surface area is 115 Å². The van der Waals surface area contributed by atoms with Crippen molar-refractivity contribution in [1.82, 2.24) is 5.32 Å². The molecule has 0 aliphatic carbocycles. The second kappa shape index (κ2) is 9.78. The Morgan fingerprint density at radius 1 is 1.16 bits per heavy atom. The molecule has 108 valence electrons. The molecule has 0 aromatic heterocycles. The molecular weight excluding hydrogens is 242 g/mol. The Morgan fingerprint density at radius 3 is 2.53 bits per heavy atom. The molecule has 0 aliphatic rings. The van der Waals surface area contributed by atoms with E-state index in [1.54, 1.807) is 0 Å². The maximum Gasteiger partial charge on any atom is 0.119 e. The van der Waals surface area contributed by atoms with Crippen LogP contribution in [-0.2, 0) is 4.74 Å². The summed E-state index contributed by atoms with van der Waals surface area (Å²) in [6, 6.07) is 7.57. The molecule has 2 N–H and O–H groups in total. The first-order valence-corrected chi connectivity index (χ1v) is 6.97. The molecule has 1 aromatic rings. The van der Waals surface area contributed by atoms with Crippen LogP contribution in [0.3, 0.4) is 0 Å². The molecule has 4 heteroatoms. The first kappa shape index (κ1) is 16.0. The lowest BCUT2D eigenvalue weighted by molar-refractivity contribution is 0.141. The molecule has 0 bridgehead atoms. The fraction of sp³-hybridized carbons (Fsp3) is 0.600. The lowest BCUT2D eigenvalue weighted by Gasteiger charge is -2.13. The maximum absolute atomic E-state index is 10.0. The minimum Gasteiger partial charge on any atom is -0.494 e. The molecule has 1 atom stereocenters. The van der Waals surface area contributed by atoms with E-state index in [2.05, 4.69) is 5.32 Å². The van der Waals surface area contributed by atoms with Gasteiger partial charge in [-0.1, -0.05) is 12.1 Å². The van der Waals surface area contributed by atoms with Crippen LogP contribution in [0.5, 0.6) is 5.75 Å². The lowest BCUT2D eigenvalue weighted by atomic mass is 10.1. The summed E-state index contributed by atoms with van der Waals surface area (Å²) in [6.07, 6.45) is 0.479. The molecule has 1 aromatic carbocycles. The van der Waals surface area contributed by atoms with Gasteiger partial charge in [-0.2, -0.15) is 0 Å².